The molecule has 1 aliphatic carbocycles. The third kappa shape index (κ3) is 4.95. The van der Waals surface area contributed by atoms with E-state index in [4.69, 9.17) is 0 Å². The first-order valence-corrected chi connectivity index (χ1v) is 9.63. The zero-order chi connectivity index (χ0) is 17.6. The lowest BCUT2D eigenvalue weighted by Gasteiger charge is -2.24. The van der Waals surface area contributed by atoms with Crippen molar-refractivity contribution in [2.45, 2.75) is 55.5 Å². The predicted octanol–water partition coefficient (Wildman–Crippen LogP) is 3.37. The van der Waals surface area contributed by atoms with Gasteiger partial charge in [0.25, 0.3) is 5.56 Å². The third-order valence-corrected chi connectivity index (χ3v) is 5.38. The molecule has 1 atom stereocenters. The van der Waals surface area contributed by atoms with E-state index in [-0.39, 0.29) is 22.8 Å². The number of H-pyrrole nitrogens is 1. The molecule has 5 nitrogen and oxygen atoms in total. The molecule has 132 valence electrons. The van der Waals surface area contributed by atoms with Crippen LogP contribution in [0.3, 0.4) is 0 Å². The van der Waals surface area contributed by atoms with Crippen LogP contribution in [0.15, 0.2) is 46.3 Å². The highest BCUT2D eigenvalue weighted by Gasteiger charge is 2.21. The van der Waals surface area contributed by atoms with Gasteiger partial charge in [0.05, 0.1) is 10.9 Å². The fraction of sp³-hybridized carbons (Fsp3) is 0.421. The summed E-state index contributed by atoms with van der Waals surface area (Å²) in [5.41, 5.74) is 1.29. The summed E-state index contributed by atoms with van der Waals surface area (Å²) in [6.07, 6.45) is 5.73. The van der Waals surface area contributed by atoms with Crippen molar-refractivity contribution in [2.24, 2.45) is 0 Å². The number of benzene rings is 1. The van der Waals surface area contributed by atoms with E-state index in [2.05, 4.69) is 15.3 Å². The van der Waals surface area contributed by atoms with E-state index in [1.807, 2.05) is 37.3 Å². The average molecular weight is 357 g/mol. The average Bonchev–Trinajstić information content (AvgIpc) is 2.63. The topological polar surface area (TPSA) is 74.8 Å². The Labute approximate surface area is 151 Å². The van der Waals surface area contributed by atoms with E-state index in [1.165, 1.54) is 37.1 Å². The molecule has 25 heavy (non-hydrogen) atoms. The Hall–Kier alpha value is -2.08. The maximum absolute atomic E-state index is 12.4. The lowest BCUT2D eigenvalue weighted by Crippen LogP contribution is -2.40. The van der Waals surface area contributed by atoms with Gasteiger partial charge in [0, 0.05) is 17.7 Å². The van der Waals surface area contributed by atoms with Crippen LogP contribution in [0.5, 0.6) is 0 Å². The summed E-state index contributed by atoms with van der Waals surface area (Å²) >= 11 is 1.28. The number of aromatic nitrogens is 2. The number of hydrogen-bond donors (Lipinski definition) is 2. The van der Waals surface area contributed by atoms with Crippen LogP contribution in [0.1, 0.15) is 39.0 Å². The number of hydrogen-bond acceptors (Lipinski definition) is 4. The van der Waals surface area contributed by atoms with E-state index in [0.717, 1.165) is 18.4 Å². The molecule has 1 unspecified atom stereocenters. The first-order valence-electron chi connectivity index (χ1n) is 8.75. The smallest absolute Gasteiger partial charge is 0.252 e. The van der Waals surface area contributed by atoms with Crippen LogP contribution in [-0.2, 0) is 4.79 Å². The van der Waals surface area contributed by atoms with Gasteiger partial charge in [-0.15, -0.1) is 0 Å². The summed E-state index contributed by atoms with van der Waals surface area (Å²) in [4.78, 5) is 31.6. The second kappa shape index (κ2) is 8.34. The van der Waals surface area contributed by atoms with Gasteiger partial charge in [0.1, 0.15) is 0 Å². The molecule has 0 bridgehead atoms. The van der Waals surface area contributed by atoms with Crippen molar-refractivity contribution in [3.8, 4) is 11.3 Å². The summed E-state index contributed by atoms with van der Waals surface area (Å²) in [7, 11) is 0. The zero-order valence-electron chi connectivity index (χ0n) is 14.3. The van der Waals surface area contributed by atoms with Gasteiger partial charge in [-0.25, -0.2) is 4.98 Å². The maximum Gasteiger partial charge on any atom is 0.252 e. The van der Waals surface area contributed by atoms with Crippen LogP contribution < -0.4 is 10.9 Å². The molecule has 1 heterocycles. The second-order valence-corrected chi connectivity index (χ2v) is 7.73. The molecule has 1 aromatic heterocycles. The number of amides is 1. The van der Waals surface area contributed by atoms with Crippen molar-refractivity contribution in [2.75, 3.05) is 0 Å². The molecule has 2 N–H and O–H groups in total. The van der Waals surface area contributed by atoms with Gasteiger partial charge < -0.3 is 10.3 Å². The molecule has 0 radical (unpaired) electrons. The fourth-order valence-electron chi connectivity index (χ4n) is 3.03. The Kier molecular flexibility index (Phi) is 5.91. The molecule has 1 aliphatic rings. The van der Waals surface area contributed by atoms with Gasteiger partial charge in [0.2, 0.25) is 5.91 Å². The fourth-order valence-corrected chi connectivity index (χ4v) is 3.85. The minimum absolute atomic E-state index is 0.00432. The monoisotopic (exact) mass is 357 g/mol. The highest BCUT2D eigenvalue weighted by molar-refractivity contribution is 8.00. The highest BCUT2D eigenvalue weighted by Crippen LogP contribution is 2.23. The van der Waals surface area contributed by atoms with Crippen LogP contribution in [0, 0.1) is 0 Å². The van der Waals surface area contributed by atoms with Gasteiger partial charge in [-0.1, -0.05) is 61.4 Å². The first kappa shape index (κ1) is 17.7. The summed E-state index contributed by atoms with van der Waals surface area (Å²) < 4.78 is 0. The first-order chi connectivity index (χ1) is 12.1. The standard InChI is InChI=1S/C19H23N3O2S/c1-13(18(24)20-15-10-6-3-7-11-15)25-19-21-16(12-17(23)22-19)14-8-4-2-5-9-14/h2,4-5,8-9,12-13,15H,3,6-7,10-11H2,1H3,(H,20,24)(H,21,22,23). The Morgan fingerprint density at radius 3 is 2.68 bits per heavy atom. The number of aromatic amines is 1. The van der Waals surface area contributed by atoms with Crippen LogP contribution in [0.2, 0.25) is 0 Å². The van der Waals surface area contributed by atoms with Crippen molar-refractivity contribution < 1.29 is 4.79 Å². The number of thioether (sulfide) groups is 1. The second-order valence-electron chi connectivity index (χ2n) is 6.41. The van der Waals surface area contributed by atoms with Crippen molar-refractivity contribution in [3.05, 3.63) is 46.8 Å². The number of carbonyl (C=O) groups excluding carboxylic acids is 1. The zero-order valence-corrected chi connectivity index (χ0v) is 15.1. The van der Waals surface area contributed by atoms with Gasteiger partial charge >= 0.3 is 0 Å². The highest BCUT2D eigenvalue weighted by atomic mass is 32.2. The minimum atomic E-state index is -0.309. The Morgan fingerprint density at radius 1 is 1.24 bits per heavy atom. The molecule has 1 amide bonds. The molecular formula is C19H23N3O2S. The van der Waals surface area contributed by atoms with Crippen LogP contribution in [-0.4, -0.2) is 27.2 Å². The minimum Gasteiger partial charge on any atom is -0.352 e. The van der Waals surface area contributed by atoms with Crippen molar-refractivity contribution in [1.82, 2.24) is 15.3 Å². The molecule has 6 heteroatoms. The van der Waals surface area contributed by atoms with Gasteiger partial charge in [-0.3, -0.25) is 9.59 Å². The molecule has 3 rings (SSSR count). The number of nitrogens with zero attached hydrogens (tertiary/aromatic N) is 1. The summed E-state index contributed by atoms with van der Waals surface area (Å²) in [6.45, 7) is 1.85. The molecule has 1 fully saturated rings. The quantitative estimate of drug-likeness (QED) is 0.635. The lowest BCUT2D eigenvalue weighted by atomic mass is 9.95. The van der Waals surface area contributed by atoms with Crippen LogP contribution >= 0.6 is 11.8 Å². The Bertz CT molecular complexity index is 770. The van der Waals surface area contributed by atoms with Crippen molar-refractivity contribution in [3.63, 3.8) is 0 Å². The van der Waals surface area contributed by atoms with E-state index in [9.17, 15) is 9.59 Å². The van der Waals surface area contributed by atoms with E-state index in [0.29, 0.717) is 10.9 Å². The molecule has 0 aliphatic heterocycles. The van der Waals surface area contributed by atoms with E-state index >= 15 is 0 Å². The third-order valence-electron chi connectivity index (χ3n) is 4.40. The molecule has 0 saturated heterocycles. The summed E-state index contributed by atoms with van der Waals surface area (Å²) in [5.74, 6) is 0.00432. The largest absolute Gasteiger partial charge is 0.352 e. The lowest BCUT2D eigenvalue weighted by molar-refractivity contribution is -0.121. The SMILES string of the molecule is CC(Sc1nc(-c2ccccc2)cc(=O)[nH]1)C(=O)NC1CCCCC1. The number of carbonyl (C=O) groups is 1. The Balaban J connectivity index is 1.68. The molecule has 0 spiro atoms. The van der Waals surface area contributed by atoms with Gasteiger partial charge in [-0.2, -0.15) is 0 Å². The van der Waals surface area contributed by atoms with Crippen LogP contribution in [0.25, 0.3) is 11.3 Å². The van der Waals surface area contributed by atoms with E-state index < -0.39 is 0 Å². The Morgan fingerprint density at radius 2 is 1.96 bits per heavy atom. The predicted molar refractivity (Wildman–Crippen MR) is 101 cm³/mol. The normalized spacial score (nSPS) is 16.4. The van der Waals surface area contributed by atoms with Gasteiger partial charge in [0.15, 0.2) is 5.16 Å². The van der Waals surface area contributed by atoms with Crippen molar-refractivity contribution in [1.29, 1.82) is 0 Å². The number of nitrogens with one attached hydrogen (secondary N) is 2. The maximum atomic E-state index is 12.4. The molecule has 1 saturated carbocycles. The summed E-state index contributed by atoms with van der Waals surface area (Å²) in [6, 6.07) is 11.3. The molecule has 1 aromatic carbocycles. The molecule has 2 aromatic rings. The van der Waals surface area contributed by atoms with Crippen LogP contribution in [0.4, 0.5) is 0 Å². The van der Waals surface area contributed by atoms with Crippen molar-refractivity contribution >= 4 is 17.7 Å². The van der Waals surface area contributed by atoms with E-state index in [1.54, 1.807) is 0 Å². The van der Waals surface area contributed by atoms with Gasteiger partial charge in [-0.05, 0) is 19.8 Å². The number of rotatable bonds is 5. The summed E-state index contributed by atoms with van der Waals surface area (Å²) in [5, 5.41) is 3.28. The molecular weight excluding hydrogens is 334 g/mol.